The van der Waals surface area contributed by atoms with E-state index in [0.717, 1.165) is 61.3 Å². The SMILES string of the molecule is CCOc1ccc(-c2c3nc(c(-c4ccc(OCC)cc4)c4ccc([n-]4)c4c5ccc(OCC)cc5c(-c5ccccc5)c5c(=O)oc(nc54)c(-c4ccc(OCC)cc4)c4ccc2[n-]4)C=C3)cc1.[Ni+2]. The Labute approximate surface area is 413 Å². The molecule has 0 atom stereocenters. The van der Waals surface area contributed by atoms with Crippen molar-refractivity contribution in [2.45, 2.75) is 27.7 Å². The molecule has 70 heavy (non-hydrogen) atoms. The van der Waals surface area contributed by atoms with Crippen LogP contribution in [0.5, 0.6) is 23.0 Å². The molecule has 5 heterocycles. The van der Waals surface area contributed by atoms with Crippen molar-refractivity contribution in [3.63, 3.8) is 0 Å². The van der Waals surface area contributed by atoms with Crippen molar-refractivity contribution in [1.82, 2.24) is 19.9 Å². The minimum Gasteiger partial charge on any atom is -0.657 e. The number of rotatable bonds is 12. The Bertz CT molecular complexity index is 3790. The zero-order chi connectivity index (χ0) is 47.0. The maximum absolute atomic E-state index is 15.3. The topological polar surface area (TPSA) is 121 Å². The van der Waals surface area contributed by atoms with Crippen LogP contribution in [0.25, 0.3) is 112 Å². The first-order valence-corrected chi connectivity index (χ1v) is 23.3. The summed E-state index contributed by atoms with van der Waals surface area (Å²) in [5.41, 5.74) is 10.1. The summed E-state index contributed by atoms with van der Waals surface area (Å²) in [5, 5.41) is 2.62. The molecule has 10 nitrogen and oxygen atoms in total. The first-order chi connectivity index (χ1) is 33.9. The van der Waals surface area contributed by atoms with E-state index >= 15 is 4.79 Å². The summed E-state index contributed by atoms with van der Waals surface area (Å²) in [6.07, 6.45) is 4.07. The van der Waals surface area contributed by atoms with Gasteiger partial charge in [-0.15, -0.1) is 22.1 Å². The molecule has 348 valence electrons. The van der Waals surface area contributed by atoms with E-state index in [0.29, 0.717) is 93.1 Å². The minimum atomic E-state index is -0.558. The second-order valence-corrected chi connectivity index (χ2v) is 16.4. The van der Waals surface area contributed by atoms with Crippen molar-refractivity contribution in [2.75, 3.05) is 26.4 Å². The standard InChI is InChI=1S/C59H47N4O6.Ni/c1-5-65-39-20-14-36(15-21-39)52-45-28-29-46(60-45)53(37-16-22-40(23-17-37)66-6-2)48-31-33-50(62-48)55-43-27-26-42(68-8-4)34-44(43)51(35-12-10-9-11-13-35)56-57(55)63-58(69-59(56)64)54(49-32-30-47(52)61-49)38-18-24-41(25-19-38)67-7-3;/h9-34H,5-8H2,1-4H3,(H-,60,61,62,63,64);/q-1;+2/p-1. The van der Waals surface area contributed by atoms with Crippen molar-refractivity contribution in [3.05, 3.63) is 167 Å². The van der Waals surface area contributed by atoms with E-state index in [1.54, 1.807) is 0 Å². The van der Waals surface area contributed by atoms with Crippen molar-refractivity contribution in [2.24, 2.45) is 0 Å². The van der Waals surface area contributed by atoms with Crippen LogP contribution in [0, 0.1) is 0 Å². The zero-order valence-corrected chi connectivity index (χ0v) is 39.9. The minimum absolute atomic E-state index is 0. The molecule has 0 N–H and O–H groups in total. The van der Waals surface area contributed by atoms with Gasteiger partial charge in [0.1, 0.15) is 23.0 Å². The van der Waals surface area contributed by atoms with Gasteiger partial charge in [-0.1, -0.05) is 97.1 Å². The van der Waals surface area contributed by atoms with Gasteiger partial charge in [-0.2, -0.15) is 0 Å². The second-order valence-electron chi connectivity index (χ2n) is 16.4. The van der Waals surface area contributed by atoms with E-state index in [2.05, 4.69) is 0 Å². The summed E-state index contributed by atoms with van der Waals surface area (Å²) >= 11 is 0. The molecule has 10 aromatic rings. The molecule has 0 amide bonds. The van der Waals surface area contributed by atoms with Crippen LogP contribution >= 0.6 is 0 Å². The molecule has 6 aromatic carbocycles. The van der Waals surface area contributed by atoms with Gasteiger partial charge >= 0.3 is 22.1 Å². The summed E-state index contributed by atoms with van der Waals surface area (Å²) in [4.78, 5) is 37.0. The number of nitrogens with zero attached hydrogens (tertiary/aromatic N) is 4. The van der Waals surface area contributed by atoms with Gasteiger partial charge in [0.05, 0.1) is 48.7 Å². The molecule has 11 rings (SSSR count). The third-order valence-corrected chi connectivity index (χ3v) is 12.3. The molecular formula is C59H46N4NiO6. The van der Waals surface area contributed by atoms with Crippen LogP contribution in [0.4, 0.5) is 0 Å². The van der Waals surface area contributed by atoms with Crippen LogP contribution in [0.3, 0.4) is 0 Å². The summed E-state index contributed by atoms with van der Waals surface area (Å²) in [6, 6.07) is 47.4. The average molecular weight is 966 g/mol. The molecule has 0 aliphatic carbocycles. The normalized spacial score (nSPS) is 11.5. The molecule has 4 aromatic heterocycles. The molecular weight excluding hydrogens is 919 g/mol. The molecule has 0 saturated heterocycles. The van der Waals surface area contributed by atoms with Crippen molar-refractivity contribution < 1.29 is 39.9 Å². The fourth-order valence-electron chi connectivity index (χ4n) is 9.37. The third kappa shape index (κ3) is 8.32. The smallest absolute Gasteiger partial charge is 0.657 e. The van der Waals surface area contributed by atoms with E-state index in [1.165, 1.54) is 0 Å². The Balaban J connectivity index is 0.00000567. The molecule has 8 bridgehead atoms. The predicted octanol–water partition coefficient (Wildman–Crippen LogP) is 13.5. The van der Waals surface area contributed by atoms with Gasteiger partial charge in [-0.25, -0.2) is 14.8 Å². The second kappa shape index (κ2) is 19.5. The van der Waals surface area contributed by atoms with Crippen LogP contribution < -0.4 is 34.5 Å². The number of hydrogen-bond acceptors (Lipinski definition) is 8. The molecule has 0 unspecified atom stereocenters. The Kier molecular flexibility index (Phi) is 12.7. The van der Waals surface area contributed by atoms with Crippen molar-refractivity contribution in [3.8, 4) is 67.5 Å². The number of fused-ring (bicyclic) bond motifs is 10. The maximum Gasteiger partial charge on any atom is 2.00 e. The van der Waals surface area contributed by atoms with Crippen molar-refractivity contribution >= 4 is 67.0 Å². The molecule has 1 aliphatic rings. The van der Waals surface area contributed by atoms with Gasteiger partial charge in [0.2, 0.25) is 5.71 Å². The third-order valence-electron chi connectivity index (χ3n) is 12.3. The summed E-state index contributed by atoms with van der Waals surface area (Å²) < 4.78 is 30.2. The largest absolute Gasteiger partial charge is 2.00 e. The first-order valence-electron chi connectivity index (χ1n) is 23.3. The number of aromatic nitrogens is 4. The molecule has 1 aliphatic heterocycles. The number of benzene rings is 6. The Morgan fingerprint density at radius 3 is 1.41 bits per heavy atom. The monoisotopic (exact) mass is 964 g/mol. The number of ether oxygens (including phenoxy) is 4. The Morgan fingerprint density at radius 2 is 0.886 bits per heavy atom. The van der Waals surface area contributed by atoms with E-state index in [1.807, 2.05) is 185 Å². The summed E-state index contributed by atoms with van der Waals surface area (Å²) in [6.45, 7) is 9.90. The van der Waals surface area contributed by atoms with E-state index < -0.39 is 5.63 Å². The predicted molar refractivity (Wildman–Crippen MR) is 277 cm³/mol. The average Bonchev–Trinajstić information content (AvgIpc) is 4.17. The van der Waals surface area contributed by atoms with Gasteiger partial charge in [-0.3, -0.25) is 0 Å². The van der Waals surface area contributed by atoms with E-state index in [9.17, 15) is 0 Å². The number of hydrogen-bond donors (Lipinski definition) is 0. The Hall–Kier alpha value is -8.14. The molecule has 11 heteroatoms. The summed E-state index contributed by atoms with van der Waals surface area (Å²) in [7, 11) is 0. The van der Waals surface area contributed by atoms with Crippen LogP contribution in [-0.2, 0) is 16.5 Å². The zero-order valence-electron chi connectivity index (χ0n) is 38.9. The molecule has 0 radical (unpaired) electrons. The van der Waals surface area contributed by atoms with Gasteiger partial charge < -0.3 is 33.3 Å². The quantitative estimate of drug-likeness (QED) is 0.0864. The van der Waals surface area contributed by atoms with Crippen LogP contribution in [0.15, 0.2) is 155 Å². The van der Waals surface area contributed by atoms with Gasteiger partial charge in [0.25, 0.3) is 0 Å². The van der Waals surface area contributed by atoms with Crippen LogP contribution in [-0.4, -0.2) is 36.4 Å². The fraction of sp³-hybridized carbons (Fsp3) is 0.136. The summed E-state index contributed by atoms with van der Waals surface area (Å²) in [5.74, 6) is 2.89. The fourth-order valence-corrected chi connectivity index (χ4v) is 9.37. The van der Waals surface area contributed by atoms with Crippen molar-refractivity contribution in [1.29, 1.82) is 0 Å². The molecule has 0 saturated carbocycles. The molecule has 0 spiro atoms. The Morgan fingerprint density at radius 1 is 0.443 bits per heavy atom. The maximum atomic E-state index is 15.3. The van der Waals surface area contributed by atoms with Crippen LogP contribution in [0.1, 0.15) is 39.1 Å². The van der Waals surface area contributed by atoms with Gasteiger partial charge in [0, 0.05) is 11.1 Å². The molecule has 0 fully saturated rings. The van der Waals surface area contributed by atoms with E-state index in [4.69, 9.17) is 43.3 Å². The van der Waals surface area contributed by atoms with Crippen LogP contribution in [0.2, 0.25) is 0 Å². The first kappa shape index (κ1) is 45.6. The van der Waals surface area contributed by atoms with E-state index in [-0.39, 0.29) is 22.2 Å². The van der Waals surface area contributed by atoms with Gasteiger partial charge in [0.15, 0.2) is 0 Å². The van der Waals surface area contributed by atoms with Gasteiger partial charge in [-0.05, 0) is 138 Å².